The minimum Gasteiger partial charge on any atom is -0.338 e. The van der Waals surface area contributed by atoms with E-state index in [-0.39, 0.29) is 11.6 Å². The van der Waals surface area contributed by atoms with E-state index in [0.717, 1.165) is 30.8 Å². The molecule has 2 aromatic rings. The number of piperidine rings is 1. The third-order valence-electron chi connectivity index (χ3n) is 5.02. The first-order chi connectivity index (χ1) is 12.5. The molecule has 0 aliphatic carbocycles. The fourth-order valence-electron chi connectivity index (χ4n) is 3.68. The Hall–Kier alpha value is -2.34. The maximum Gasteiger partial charge on any atom is 0.319 e. The quantitative estimate of drug-likeness (QED) is 0.810. The van der Waals surface area contributed by atoms with Crippen LogP contribution in [0.2, 0.25) is 0 Å². The predicted molar refractivity (Wildman–Crippen MR) is 106 cm³/mol. The number of nitrogens with zero attached hydrogens (tertiary/aromatic N) is 2. The average Bonchev–Trinajstić information content (AvgIpc) is 2.63. The van der Waals surface area contributed by atoms with Crippen LogP contribution in [0.4, 0.5) is 10.5 Å². The van der Waals surface area contributed by atoms with Gasteiger partial charge in [0.2, 0.25) is 0 Å². The molecule has 1 aliphatic rings. The molecule has 0 bridgehead atoms. The van der Waals surface area contributed by atoms with Crippen molar-refractivity contribution in [1.82, 2.24) is 14.8 Å². The zero-order valence-corrected chi connectivity index (χ0v) is 15.6. The lowest BCUT2D eigenvalue weighted by Crippen LogP contribution is -2.37. The molecule has 26 heavy (non-hydrogen) atoms. The topological polar surface area (TPSA) is 66.4 Å². The summed E-state index contributed by atoms with van der Waals surface area (Å²) in [6, 6.07) is 7.09. The molecule has 0 spiro atoms. The number of benzene rings is 1. The van der Waals surface area contributed by atoms with Gasteiger partial charge >= 0.3 is 6.03 Å². The van der Waals surface area contributed by atoms with Gasteiger partial charge in [0.25, 0.3) is 5.56 Å². The summed E-state index contributed by atoms with van der Waals surface area (Å²) in [5, 5.41) is 7.15. The minimum atomic E-state index is -0.235. The first-order valence-corrected chi connectivity index (χ1v) is 9.40. The Bertz CT molecular complexity index is 830. The molecule has 6 heteroatoms. The normalized spacial score (nSPS) is 18.0. The molecule has 1 fully saturated rings. The number of fused-ring (bicyclic) bond motifs is 1. The van der Waals surface area contributed by atoms with E-state index >= 15 is 0 Å². The standard InChI is InChI=1S/C20H28N4O2/c1-15-7-5-11-24(13-15)12-6-10-21-20(26)22-18-14-23(2)19(25)17-9-4-3-8-16(17)18/h3-4,8-9,14-15H,5-7,10-13H2,1-2H3,(H2,21,22,26). The Labute approximate surface area is 154 Å². The summed E-state index contributed by atoms with van der Waals surface area (Å²) >= 11 is 0. The molecular formula is C20H28N4O2. The molecule has 2 heterocycles. The number of likely N-dealkylation sites (tertiary alicyclic amines) is 1. The average molecular weight is 356 g/mol. The van der Waals surface area contributed by atoms with Gasteiger partial charge in [-0.05, 0) is 44.3 Å². The molecule has 1 unspecified atom stereocenters. The van der Waals surface area contributed by atoms with Crippen LogP contribution >= 0.6 is 0 Å². The van der Waals surface area contributed by atoms with Gasteiger partial charge in [0.1, 0.15) is 0 Å². The van der Waals surface area contributed by atoms with Crippen molar-refractivity contribution in [2.24, 2.45) is 13.0 Å². The van der Waals surface area contributed by atoms with Crippen molar-refractivity contribution in [3.8, 4) is 0 Å². The van der Waals surface area contributed by atoms with Crippen LogP contribution in [0.1, 0.15) is 26.2 Å². The number of nitrogens with one attached hydrogen (secondary N) is 2. The van der Waals surface area contributed by atoms with Crippen LogP contribution in [-0.4, -0.2) is 41.7 Å². The fraction of sp³-hybridized carbons (Fsp3) is 0.500. The van der Waals surface area contributed by atoms with Crippen LogP contribution in [0.5, 0.6) is 0 Å². The van der Waals surface area contributed by atoms with Crippen LogP contribution in [0.15, 0.2) is 35.3 Å². The summed E-state index contributed by atoms with van der Waals surface area (Å²) in [5.74, 6) is 0.776. The van der Waals surface area contributed by atoms with Gasteiger partial charge in [-0.25, -0.2) is 4.79 Å². The molecule has 1 aromatic heterocycles. The van der Waals surface area contributed by atoms with Gasteiger partial charge in [-0.3, -0.25) is 4.79 Å². The van der Waals surface area contributed by atoms with E-state index in [1.807, 2.05) is 18.2 Å². The van der Waals surface area contributed by atoms with Gasteiger partial charge in [-0.15, -0.1) is 0 Å². The lowest BCUT2D eigenvalue weighted by molar-refractivity contribution is 0.182. The largest absolute Gasteiger partial charge is 0.338 e. The zero-order chi connectivity index (χ0) is 18.5. The van der Waals surface area contributed by atoms with Crippen molar-refractivity contribution in [2.75, 3.05) is 31.5 Å². The maximum atomic E-state index is 12.2. The summed E-state index contributed by atoms with van der Waals surface area (Å²) in [4.78, 5) is 26.9. The van der Waals surface area contributed by atoms with Gasteiger partial charge in [0.05, 0.1) is 5.69 Å². The number of aryl methyl sites for hydroxylation is 1. The summed E-state index contributed by atoms with van der Waals surface area (Å²) in [5.41, 5.74) is 0.576. The SMILES string of the molecule is CC1CCCN(CCCNC(=O)Nc2cn(C)c(=O)c3ccccc23)C1. The van der Waals surface area contributed by atoms with Crippen molar-refractivity contribution in [3.05, 3.63) is 40.8 Å². The van der Waals surface area contributed by atoms with E-state index in [9.17, 15) is 9.59 Å². The highest BCUT2D eigenvalue weighted by molar-refractivity contribution is 6.00. The molecule has 1 atom stereocenters. The van der Waals surface area contributed by atoms with Crippen LogP contribution < -0.4 is 16.2 Å². The van der Waals surface area contributed by atoms with E-state index in [2.05, 4.69) is 22.5 Å². The summed E-state index contributed by atoms with van der Waals surface area (Å²) in [7, 11) is 1.69. The second-order valence-corrected chi connectivity index (χ2v) is 7.29. The number of hydrogen-bond donors (Lipinski definition) is 2. The zero-order valence-electron chi connectivity index (χ0n) is 15.6. The van der Waals surface area contributed by atoms with Crippen LogP contribution in [0, 0.1) is 5.92 Å². The highest BCUT2D eigenvalue weighted by Gasteiger charge is 2.15. The van der Waals surface area contributed by atoms with Gasteiger partial charge in [0.15, 0.2) is 0 Å². The lowest BCUT2D eigenvalue weighted by atomic mass is 10.0. The number of urea groups is 1. The van der Waals surface area contributed by atoms with Crippen LogP contribution in [0.3, 0.4) is 0 Å². The molecule has 1 aromatic carbocycles. The smallest absolute Gasteiger partial charge is 0.319 e. The highest BCUT2D eigenvalue weighted by atomic mass is 16.2. The van der Waals surface area contributed by atoms with Crippen LogP contribution in [0.25, 0.3) is 10.8 Å². The Morgan fingerprint density at radius 3 is 2.81 bits per heavy atom. The molecule has 0 saturated carbocycles. The van der Waals surface area contributed by atoms with E-state index in [4.69, 9.17) is 0 Å². The van der Waals surface area contributed by atoms with Crippen molar-refractivity contribution in [3.63, 3.8) is 0 Å². The molecule has 2 amide bonds. The van der Waals surface area contributed by atoms with Crippen molar-refractivity contribution in [1.29, 1.82) is 0 Å². The number of pyridine rings is 1. The molecule has 140 valence electrons. The van der Waals surface area contributed by atoms with Crippen molar-refractivity contribution in [2.45, 2.75) is 26.2 Å². The fourth-order valence-corrected chi connectivity index (χ4v) is 3.68. The summed E-state index contributed by atoms with van der Waals surface area (Å²) in [6.07, 6.45) is 5.20. The lowest BCUT2D eigenvalue weighted by Gasteiger charge is -2.30. The Morgan fingerprint density at radius 2 is 2.04 bits per heavy atom. The van der Waals surface area contributed by atoms with E-state index in [0.29, 0.717) is 17.6 Å². The molecule has 3 rings (SSSR count). The van der Waals surface area contributed by atoms with Gasteiger partial charge in [0, 0.05) is 37.1 Å². The first-order valence-electron chi connectivity index (χ1n) is 9.40. The van der Waals surface area contributed by atoms with Crippen molar-refractivity contribution >= 4 is 22.5 Å². The van der Waals surface area contributed by atoms with Gasteiger partial charge in [-0.1, -0.05) is 25.1 Å². The molecule has 0 radical (unpaired) electrons. The number of hydrogen-bond acceptors (Lipinski definition) is 3. The number of anilines is 1. The second kappa shape index (κ2) is 8.36. The molecule has 1 aliphatic heterocycles. The van der Waals surface area contributed by atoms with E-state index < -0.39 is 0 Å². The van der Waals surface area contributed by atoms with Gasteiger partial charge < -0.3 is 20.1 Å². The minimum absolute atomic E-state index is 0.0673. The van der Waals surface area contributed by atoms with Gasteiger partial charge in [-0.2, -0.15) is 0 Å². The van der Waals surface area contributed by atoms with E-state index in [1.54, 1.807) is 19.3 Å². The number of carbonyl (C=O) groups is 1. The Kier molecular flexibility index (Phi) is 5.93. The summed E-state index contributed by atoms with van der Waals surface area (Å²) < 4.78 is 1.50. The number of aromatic nitrogens is 1. The predicted octanol–water partition coefficient (Wildman–Crippen LogP) is 2.78. The number of amides is 2. The molecule has 1 saturated heterocycles. The van der Waals surface area contributed by atoms with E-state index in [1.165, 1.54) is 24.0 Å². The highest BCUT2D eigenvalue weighted by Crippen LogP contribution is 2.20. The number of rotatable bonds is 5. The third-order valence-corrected chi connectivity index (χ3v) is 5.02. The maximum absolute atomic E-state index is 12.2. The monoisotopic (exact) mass is 356 g/mol. The summed E-state index contributed by atoms with van der Waals surface area (Å²) in [6.45, 7) is 6.29. The second-order valence-electron chi connectivity index (χ2n) is 7.29. The Morgan fingerprint density at radius 1 is 1.27 bits per heavy atom. The molecular weight excluding hydrogens is 328 g/mol. The molecule has 6 nitrogen and oxygen atoms in total. The first kappa shape index (κ1) is 18.5. The molecule has 2 N–H and O–H groups in total. The van der Waals surface area contributed by atoms with Crippen LogP contribution in [-0.2, 0) is 7.05 Å². The van der Waals surface area contributed by atoms with Crippen molar-refractivity contribution < 1.29 is 4.79 Å². The number of carbonyl (C=O) groups excluding carboxylic acids is 1. The third kappa shape index (κ3) is 4.43. The Balaban J connectivity index is 1.53.